The molecule has 1 amide bonds. The van der Waals surface area contributed by atoms with Gasteiger partial charge in [-0.05, 0) is 65.1 Å². The molecule has 0 unspecified atom stereocenters. The molecule has 0 aromatic carbocycles. The highest BCUT2D eigenvalue weighted by molar-refractivity contribution is 7.11. The summed E-state index contributed by atoms with van der Waals surface area (Å²) in [6.07, 6.45) is 4.13. The Labute approximate surface area is 144 Å². The Hall–Kier alpha value is -1.07. The molecule has 1 fully saturated rings. The first-order chi connectivity index (χ1) is 10.9. The van der Waals surface area contributed by atoms with Crippen LogP contribution in [0.4, 0.5) is 4.79 Å². The summed E-state index contributed by atoms with van der Waals surface area (Å²) in [4.78, 5) is 17.0. The van der Waals surface area contributed by atoms with E-state index in [1.165, 1.54) is 9.75 Å². The number of carbonyl (C=O) groups excluding carboxylic acids is 1. The lowest BCUT2D eigenvalue weighted by Gasteiger charge is -2.27. The molecule has 1 aliphatic carbocycles. The van der Waals surface area contributed by atoms with Crippen LogP contribution in [0.25, 0.3) is 0 Å². The number of carbonyl (C=O) groups is 1. The largest absolute Gasteiger partial charge is 0.444 e. The number of rotatable bonds is 8. The van der Waals surface area contributed by atoms with Crippen molar-refractivity contribution in [2.24, 2.45) is 0 Å². The summed E-state index contributed by atoms with van der Waals surface area (Å²) in [6, 6.07) is 4.81. The number of aryl methyl sites for hydroxylation is 1. The average molecular weight is 339 g/mol. The summed E-state index contributed by atoms with van der Waals surface area (Å²) in [5.41, 5.74) is -0.418. The molecule has 0 saturated heterocycles. The van der Waals surface area contributed by atoms with Crippen molar-refractivity contribution in [3.05, 3.63) is 21.9 Å². The third kappa shape index (κ3) is 6.51. The van der Waals surface area contributed by atoms with Gasteiger partial charge in [-0.25, -0.2) is 4.79 Å². The molecule has 1 aromatic heterocycles. The topological polar surface area (TPSA) is 41.6 Å². The maximum absolute atomic E-state index is 12.2. The molecule has 0 bridgehead atoms. The predicted octanol–water partition coefficient (Wildman–Crippen LogP) is 4.19. The monoisotopic (exact) mass is 338 g/mol. The molecule has 1 N–H and O–H groups in total. The van der Waals surface area contributed by atoms with Crippen molar-refractivity contribution in [2.75, 3.05) is 13.1 Å². The minimum absolute atomic E-state index is 0.161. The van der Waals surface area contributed by atoms with Crippen molar-refractivity contribution < 1.29 is 9.53 Å². The van der Waals surface area contributed by atoms with Crippen LogP contribution in [-0.4, -0.2) is 35.7 Å². The van der Waals surface area contributed by atoms with Crippen molar-refractivity contribution in [3.8, 4) is 0 Å². The van der Waals surface area contributed by atoms with Gasteiger partial charge in [-0.3, -0.25) is 0 Å². The van der Waals surface area contributed by atoms with Gasteiger partial charge in [0, 0.05) is 28.9 Å². The van der Waals surface area contributed by atoms with E-state index in [0.29, 0.717) is 6.04 Å². The van der Waals surface area contributed by atoms with E-state index in [-0.39, 0.29) is 6.09 Å². The van der Waals surface area contributed by atoms with Crippen LogP contribution in [0.2, 0.25) is 0 Å². The van der Waals surface area contributed by atoms with Crippen molar-refractivity contribution in [3.63, 3.8) is 0 Å². The van der Waals surface area contributed by atoms with Crippen LogP contribution in [-0.2, 0) is 17.7 Å². The zero-order valence-corrected chi connectivity index (χ0v) is 15.7. The zero-order chi connectivity index (χ0) is 16.9. The van der Waals surface area contributed by atoms with Gasteiger partial charge in [0.25, 0.3) is 0 Å². The summed E-state index contributed by atoms with van der Waals surface area (Å²) in [5.74, 6) is 0. The molecule has 1 aromatic rings. The summed E-state index contributed by atoms with van der Waals surface area (Å²) >= 11 is 1.88. The van der Waals surface area contributed by atoms with Crippen molar-refractivity contribution in [1.82, 2.24) is 10.2 Å². The van der Waals surface area contributed by atoms with Gasteiger partial charge in [0.15, 0.2) is 0 Å². The zero-order valence-electron chi connectivity index (χ0n) is 14.9. The number of thiophene rings is 1. The molecule has 5 heteroatoms. The van der Waals surface area contributed by atoms with E-state index in [2.05, 4.69) is 24.4 Å². The molecular formula is C18H30N2O2S. The highest BCUT2D eigenvalue weighted by Gasteiger charge is 2.34. The average Bonchev–Trinajstić information content (AvgIpc) is 3.19. The fourth-order valence-corrected chi connectivity index (χ4v) is 3.35. The molecule has 0 radical (unpaired) electrons. The van der Waals surface area contributed by atoms with E-state index < -0.39 is 5.60 Å². The number of amides is 1. The summed E-state index contributed by atoms with van der Waals surface area (Å²) in [6.45, 7) is 10.6. The first-order valence-corrected chi connectivity index (χ1v) is 9.48. The molecule has 0 aliphatic heterocycles. The van der Waals surface area contributed by atoms with Crippen molar-refractivity contribution >= 4 is 17.4 Å². The normalized spacial score (nSPS) is 14.8. The first kappa shape index (κ1) is 18.3. The fraction of sp³-hybridized carbons (Fsp3) is 0.722. The molecule has 2 rings (SSSR count). The van der Waals surface area contributed by atoms with Gasteiger partial charge in [0.2, 0.25) is 0 Å². The van der Waals surface area contributed by atoms with Gasteiger partial charge in [0.05, 0.1) is 0 Å². The minimum atomic E-state index is -0.418. The fourth-order valence-electron chi connectivity index (χ4n) is 2.42. The standard InChI is InChI=1S/C18H30N2O2S/c1-5-15-9-10-16(23-15)13-19-11-6-12-20(14-7-8-14)17(21)22-18(2,3)4/h9-10,14,19H,5-8,11-13H2,1-4H3. The molecule has 1 aliphatic rings. The molecule has 1 heterocycles. The second-order valence-electron chi connectivity index (χ2n) is 7.16. The number of hydrogen-bond acceptors (Lipinski definition) is 4. The van der Waals surface area contributed by atoms with E-state index in [4.69, 9.17) is 4.74 Å². The van der Waals surface area contributed by atoms with Gasteiger partial charge in [0.1, 0.15) is 5.60 Å². The van der Waals surface area contributed by atoms with Crippen LogP contribution in [0.1, 0.15) is 56.7 Å². The maximum atomic E-state index is 12.2. The number of ether oxygens (including phenoxy) is 1. The Balaban J connectivity index is 1.67. The van der Waals surface area contributed by atoms with E-state index >= 15 is 0 Å². The van der Waals surface area contributed by atoms with Crippen LogP contribution in [0.15, 0.2) is 12.1 Å². The minimum Gasteiger partial charge on any atom is -0.444 e. The highest BCUT2D eigenvalue weighted by Crippen LogP contribution is 2.28. The Morgan fingerprint density at radius 2 is 2.04 bits per heavy atom. The van der Waals surface area contributed by atoms with Gasteiger partial charge in [-0.2, -0.15) is 0 Å². The molecule has 1 saturated carbocycles. The summed E-state index contributed by atoms with van der Waals surface area (Å²) < 4.78 is 5.51. The number of nitrogens with zero attached hydrogens (tertiary/aromatic N) is 1. The van der Waals surface area contributed by atoms with Crippen molar-refractivity contribution in [1.29, 1.82) is 0 Å². The van der Waals surface area contributed by atoms with E-state index in [9.17, 15) is 4.79 Å². The molecular weight excluding hydrogens is 308 g/mol. The lowest BCUT2D eigenvalue weighted by Crippen LogP contribution is -2.39. The van der Waals surface area contributed by atoms with E-state index in [0.717, 1.165) is 45.3 Å². The number of hydrogen-bond donors (Lipinski definition) is 1. The van der Waals surface area contributed by atoms with Gasteiger partial charge in [-0.1, -0.05) is 6.92 Å². The summed E-state index contributed by atoms with van der Waals surface area (Å²) in [7, 11) is 0. The quantitative estimate of drug-likeness (QED) is 0.723. The predicted molar refractivity (Wildman–Crippen MR) is 96.0 cm³/mol. The third-order valence-corrected chi connectivity index (χ3v) is 4.96. The smallest absolute Gasteiger partial charge is 0.410 e. The molecule has 130 valence electrons. The Morgan fingerprint density at radius 3 is 2.61 bits per heavy atom. The van der Waals surface area contributed by atoms with Crippen LogP contribution in [0.5, 0.6) is 0 Å². The molecule has 4 nitrogen and oxygen atoms in total. The lowest BCUT2D eigenvalue weighted by molar-refractivity contribution is 0.0232. The SMILES string of the molecule is CCc1ccc(CNCCCN(C(=O)OC(C)(C)C)C2CC2)s1. The summed E-state index contributed by atoms with van der Waals surface area (Å²) in [5, 5.41) is 3.47. The first-order valence-electron chi connectivity index (χ1n) is 8.67. The second kappa shape index (κ2) is 8.15. The van der Waals surface area contributed by atoms with E-state index in [1.54, 1.807) is 0 Å². The maximum Gasteiger partial charge on any atom is 0.410 e. The van der Waals surface area contributed by atoms with Gasteiger partial charge < -0.3 is 15.0 Å². The Morgan fingerprint density at radius 1 is 1.35 bits per heavy atom. The van der Waals surface area contributed by atoms with Gasteiger partial charge in [-0.15, -0.1) is 11.3 Å². The van der Waals surface area contributed by atoms with E-state index in [1.807, 2.05) is 37.0 Å². The number of nitrogens with one attached hydrogen (secondary N) is 1. The van der Waals surface area contributed by atoms with Crippen LogP contribution in [0, 0.1) is 0 Å². The second-order valence-corrected chi connectivity index (χ2v) is 8.41. The van der Waals surface area contributed by atoms with Gasteiger partial charge >= 0.3 is 6.09 Å². The highest BCUT2D eigenvalue weighted by atomic mass is 32.1. The van der Waals surface area contributed by atoms with Crippen LogP contribution < -0.4 is 5.32 Å². The lowest BCUT2D eigenvalue weighted by atomic mass is 10.2. The molecule has 0 atom stereocenters. The van der Waals surface area contributed by atoms with Crippen LogP contribution >= 0.6 is 11.3 Å². The Bertz CT molecular complexity index is 503. The van der Waals surface area contributed by atoms with Crippen LogP contribution in [0.3, 0.4) is 0 Å². The third-order valence-electron chi connectivity index (χ3n) is 3.73. The molecule has 23 heavy (non-hydrogen) atoms. The van der Waals surface area contributed by atoms with Crippen molar-refractivity contribution in [2.45, 2.75) is 71.6 Å². The molecule has 0 spiro atoms. The Kier molecular flexibility index (Phi) is 6.48.